The number of aromatic carboxylic acids is 1. The summed E-state index contributed by atoms with van der Waals surface area (Å²) in [6, 6.07) is 9.40. The molecule has 2 rings (SSSR count). The molecule has 7 heteroatoms. The summed E-state index contributed by atoms with van der Waals surface area (Å²) in [4.78, 5) is 13.0. The molecule has 5 nitrogen and oxygen atoms in total. The van der Waals surface area contributed by atoms with E-state index in [1.54, 1.807) is 13.0 Å². The molecule has 0 saturated carbocycles. The first kappa shape index (κ1) is 22.9. The fraction of sp³-hybridized carbons (Fsp3) is 0.261. The minimum Gasteiger partial charge on any atom is -0.475 e. The van der Waals surface area contributed by atoms with Crippen LogP contribution in [0.15, 0.2) is 65.3 Å². The van der Waals surface area contributed by atoms with Crippen molar-refractivity contribution in [2.75, 3.05) is 11.9 Å². The van der Waals surface area contributed by atoms with E-state index >= 15 is 0 Å². The molecule has 0 aliphatic carbocycles. The Kier molecular flexibility index (Phi) is 7.98. The molecule has 0 amide bonds. The smallest absolute Gasteiger partial charge is 0.387 e. The zero-order valence-corrected chi connectivity index (χ0v) is 17.2. The number of benzene rings is 1. The maximum absolute atomic E-state index is 12.3. The number of ether oxygens (including phenoxy) is 1. The lowest BCUT2D eigenvalue weighted by molar-refractivity contribution is -0.0921. The summed E-state index contributed by atoms with van der Waals surface area (Å²) in [5.74, 6) is -0.530. The first-order valence-electron chi connectivity index (χ1n) is 9.29. The van der Waals surface area contributed by atoms with Gasteiger partial charge in [-0.1, -0.05) is 24.8 Å². The molecule has 1 heterocycles. The van der Waals surface area contributed by atoms with Crippen LogP contribution in [0, 0.1) is 6.92 Å². The van der Waals surface area contributed by atoms with Crippen molar-refractivity contribution >= 4 is 17.2 Å². The van der Waals surface area contributed by atoms with Crippen molar-refractivity contribution in [1.82, 2.24) is 0 Å². The third kappa shape index (κ3) is 6.34. The number of alkyl halides is 2. The minimum atomic E-state index is -2.87. The Labute approximate surface area is 174 Å². The fourth-order valence-corrected chi connectivity index (χ4v) is 2.86. The minimum absolute atomic E-state index is 0.0478. The van der Waals surface area contributed by atoms with Crippen molar-refractivity contribution in [3.63, 3.8) is 0 Å². The fourth-order valence-electron chi connectivity index (χ4n) is 2.86. The third-order valence-electron chi connectivity index (χ3n) is 4.57. The highest BCUT2D eigenvalue weighted by molar-refractivity contribution is 5.84. The molecule has 160 valence electrons. The second-order valence-electron chi connectivity index (χ2n) is 6.71. The number of furan rings is 1. The van der Waals surface area contributed by atoms with Crippen LogP contribution in [0.4, 0.5) is 14.5 Å². The molecule has 0 fully saturated rings. The van der Waals surface area contributed by atoms with Gasteiger partial charge in [0.05, 0.1) is 0 Å². The van der Waals surface area contributed by atoms with Gasteiger partial charge in [-0.05, 0) is 61.8 Å². The monoisotopic (exact) mass is 417 g/mol. The molecule has 1 N–H and O–H groups in total. The van der Waals surface area contributed by atoms with Gasteiger partial charge in [0.1, 0.15) is 11.5 Å². The van der Waals surface area contributed by atoms with Crippen LogP contribution in [-0.4, -0.2) is 24.7 Å². The van der Waals surface area contributed by atoms with Crippen molar-refractivity contribution in [1.29, 1.82) is 0 Å². The number of rotatable bonds is 10. The number of hydrogen-bond donors (Lipinski definition) is 1. The van der Waals surface area contributed by atoms with Crippen molar-refractivity contribution in [2.45, 2.75) is 33.4 Å². The van der Waals surface area contributed by atoms with E-state index in [1.165, 1.54) is 12.1 Å². The van der Waals surface area contributed by atoms with Crippen molar-refractivity contribution in [3.8, 4) is 0 Å². The van der Waals surface area contributed by atoms with Crippen LogP contribution in [0.5, 0.6) is 0 Å². The van der Waals surface area contributed by atoms with E-state index in [4.69, 9.17) is 9.52 Å². The maximum Gasteiger partial charge on any atom is 0.387 e. The zero-order valence-electron chi connectivity index (χ0n) is 17.2. The van der Waals surface area contributed by atoms with Gasteiger partial charge in [0.25, 0.3) is 0 Å². The molecular weight excluding hydrogens is 392 g/mol. The molecular formula is C23H25F2NO4. The van der Waals surface area contributed by atoms with Gasteiger partial charge in [-0.15, -0.1) is 0 Å². The lowest BCUT2D eigenvalue weighted by Crippen LogP contribution is -2.16. The van der Waals surface area contributed by atoms with Crippen molar-refractivity contribution < 1.29 is 27.8 Å². The molecule has 0 radical (unpaired) electrons. The molecule has 0 atom stereocenters. The number of halogens is 2. The molecule has 2 aromatic rings. The molecule has 30 heavy (non-hydrogen) atoms. The highest BCUT2D eigenvalue weighted by Gasteiger charge is 2.14. The van der Waals surface area contributed by atoms with Crippen LogP contribution in [0.3, 0.4) is 0 Å². The highest BCUT2D eigenvalue weighted by atomic mass is 19.3. The Bertz CT molecular complexity index is 943. The summed E-state index contributed by atoms with van der Waals surface area (Å²) in [5.41, 5.74) is 3.77. The number of anilines is 1. The summed E-state index contributed by atoms with van der Waals surface area (Å²) in [6.07, 6.45) is 5.15. The van der Waals surface area contributed by atoms with Gasteiger partial charge in [0, 0.05) is 24.8 Å². The van der Waals surface area contributed by atoms with Crippen LogP contribution in [0.1, 0.15) is 40.8 Å². The molecule has 1 aromatic heterocycles. The molecule has 0 aliphatic heterocycles. The summed E-state index contributed by atoms with van der Waals surface area (Å²) < 4.78 is 34.1. The Morgan fingerprint density at radius 1 is 1.30 bits per heavy atom. The number of aryl methyl sites for hydroxylation is 1. The Morgan fingerprint density at radius 3 is 2.50 bits per heavy atom. The van der Waals surface area contributed by atoms with Gasteiger partial charge in [-0.2, -0.15) is 8.78 Å². The lowest BCUT2D eigenvalue weighted by Gasteiger charge is -2.19. The average Bonchev–Trinajstić information content (AvgIpc) is 3.07. The number of allylic oxidation sites excluding steroid dienone is 4. The second kappa shape index (κ2) is 10.4. The van der Waals surface area contributed by atoms with Gasteiger partial charge in [0.15, 0.2) is 0 Å². The Hall–Kier alpha value is -3.35. The van der Waals surface area contributed by atoms with E-state index < -0.39 is 12.6 Å². The van der Waals surface area contributed by atoms with E-state index in [9.17, 15) is 13.6 Å². The highest BCUT2D eigenvalue weighted by Crippen LogP contribution is 2.23. The van der Waals surface area contributed by atoms with Gasteiger partial charge in [0.2, 0.25) is 5.76 Å². The van der Waals surface area contributed by atoms with E-state index in [0.29, 0.717) is 18.7 Å². The van der Waals surface area contributed by atoms with E-state index in [-0.39, 0.29) is 11.5 Å². The van der Waals surface area contributed by atoms with Gasteiger partial charge >= 0.3 is 12.6 Å². The van der Waals surface area contributed by atoms with Crippen LogP contribution in [-0.2, 0) is 11.3 Å². The zero-order chi connectivity index (χ0) is 22.3. The van der Waals surface area contributed by atoms with Crippen LogP contribution >= 0.6 is 0 Å². The molecule has 0 bridgehead atoms. The van der Waals surface area contributed by atoms with Crippen molar-refractivity contribution in [3.05, 3.63) is 83.5 Å². The van der Waals surface area contributed by atoms with Crippen LogP contribution in [0.25, 0.3) is 5.57 Å². The summed E-state index contributed by atoms with van der Waals surface area (Å²) in [5, 5.41) is 9.04. The van der Waals surface area contributed by atoms with E-state index in [2.05, 4.69) is 11.3 Å². The van der Waals surface area contributed by atoms with Crippen molar-refractivity contribution in [2.24, 2.45) is 0 Å². The SMILES string of the molecule is C=C/C(=C\C/C=C(\C)c1ccc(N(C)Cc2cc(C(=O)O)oc2C)cc1)OC(F)F. The molecule has 0 saturated heterocycles. The Balaban J connectivity index is 2.03. The maximum atomic E-state index is 12.3. The van der Waals surface area contributed by atoms with E-state index in [1.807, 2.05) is 49.2 Å². The number of nitrogens with zero attached hydrogens (tertiary/aromatic N) is 1. The topological polar surface area (TPSA) is 62.9 Å². The van der Waals surface area contributed by atoms with Crippen LogP contribution in [0.2, 0.25) is 0 Å². The van der Waals surface area contributed by atoms with Gasteiger partial charge in [-0.3, -0.25) is 0 Å². The predicted octanol–water partition coefficient (Wildman–Crippen LogP) is 6.03. The number of carboxylic acid groups (broad SMARTS) is 1. The number of hydrogen-bond acceptors (Lipinski definition) is 4. The van der Waals surface area contributed by atoms with Crippen LogP contribution < -0.4 is 4.90 Å². The number of carboxylic acids is 1. The first-order valence-corrected chi connectivity index (χ1v) is 9.29. The summed E-state index contributed by atoms with van der Waals surface area (Å²) in [6.45, 7) is 4.78. The third-order valence-corrected chi connectivity index (χ3v) is 4.57. The predicted molar refractivity (Wildman–Crippen MR) is 113 cm³/mol. The lowest BCUT2D eigenvalue weighted by atomic mass is 10.1. The molecule has 1 aromatic carbocycles. The largest absolute Gasteiger partial charge is 0.475 e. The van der Waals surface area contributed by atoms with E-state index in [0.717, 1.165) is 22.4 Å². The standard InChI is InChI=1S/C23H25F2NO4/c1-5-20(30-23(24)25)8-6-7-15(2)17-9-11-19(12-10-17)26(4)14-18-13-21(22(27)28)29-16(18)3/h5,7-13,23H,1,6,14H2,2-4H3,(H,27,28)/b15-7+,20-8+. The molecule has 0 spiro atoms. The van der Waals surface area contributed by atoms with Gasteiger partial charge in [-0.25, -0.2) is 4.79 Å². The van der Waals surface area contributed by atoms with Gasteiger partial charge < -0.3 is 19.2 Å². The summed E-state index contributed by atoms with van der Waals surface area (Å²) in [7, 11) is 1.91. The quantitative estimate of drug-likeness (QED) is 0.378. The average molecular weight is 417 g/mol. The molecule has 0 aliphatic rings. The molecule has 0 unspecified atom stereocenters. The second-order valence-corrected chi connectivity index (χ2v) is 6.71. The normalized spacial score (nSPS) is 12.2. The number of carbonyl (C=O) groups is 1. The first-order chi connectivity index (χ1) is 14.2. The summed E-state index contributed by atoms with van der Waals surface area (Å²) >= 11 is 0. The Morgan fingerprint density at radius 2 is 1.97 bits per heavy atom.